The molecule has 1 heterocycles. The molecule has 0 aliphatic rings. The molecular formula is C17H21NO4S. The van der Waals surface area contributed by atoms with Crippen molar-refractivity contribution in [3.05, 3.63) is 53.7 Å². The number of benzene rings is 1. The Kier molecular flexibility index (Phi) is 5.60. The molecule has 0 fully saturated rings. The van der Waals surface area contributed by atoms with E-state index in [1.165, 1.54) is 13.3 Å². The molecule has 0 aliphatic carbocycles. The van der Waals surface area contributed by atoms with Gasteiger partial charge >= 0.3 is 0 Å². The third-order valence-electron chi connectivity index (χ3n) is 3.10. The molecule has 0 aliphatic heterocycles. The largest absolute Gasteiger partial charge is 0.491 e. The summed E-state index contributed by atoms with van der Waals surface area (Å²) in [5.74, 6) is 0.933. The number of pyridine rings is 1. The molecule has 2 rings (SSSR count). The number of hydrogen-bond acceptors (Lipinski definition) is 5. The first-order chi connectivity index (χ1) is 10.9. The third-order valence-corrected chi connectivity index (χ3v) is 4.63. The Morgan fingerprint density at radius 3 is 2.43 bits per heavy atom. The lowest BCUT2D eigenvalue weighted by atomic mass is 10.2. The Balaban J connectivity index is 2.14. The molecular weight excluding hydrogens is 314 g/mol. The maximum absolute atomic E-state index is 12.4. The Hall–Kier alpha value is -2.08. The summed E-state index contributed by atoms with van der Waals surface area (Å²) in [5, 5.41) is 0. The molecule has 0 atom stereocenters. The van der Waals surface area contributed by atoms with E-state index < -0.39 is 9.84 Å². The summed E-state index contributed by atoms with van der Waals surface area (Å²) >= 11 is 0. The van der Waals surface area contributed by atoms with Crippen molar-refractivity contribution in [2.75, 3.05) is 7.11 Å². The van der Waals surface area contributed by atoms with Crippen molar-refractivity contribution in [2.45, 2.75) is 31.5 Å². The highest BCUT2D eigenvalue weighted by Crippen LogP contribution is 2.23. The van der Waals surface area contributed by atoms with Crippen molar-refractivity contribution in [1.82, 2.24) is 4.98 Å². The summed E-state index contributed by atoms with van der Waals surface area (Å²) in [6, 6.07) is 10.6. The number of sulfone groups is 1. The fourth-order valence-corrected chi connectivity index (χ4v) is 3.64. The highest BCUT2D eigenvalue weighted by molar-refractivity contribution is 7.89. The minimum absolute atomic E-state index is 0.00959. The van der Waals surface area contributed by atoms with E-state index in [0.717, 1.165) is 0 Å². The molecule has 6 heteroatoms. The highest BCUT2D eigenvalue weighted by Gasteiger charge is 2.17. The van der Waals surface area contributed by atoms with E-state index in [1.807, 2.05) is 26.0 Å². The van der Waals surface area contributed by atoms with Crippen molar-refractivity contribution in [1.29, 1.82) is 0 Å². The van der Waals surface area contributed by atoms with Crippen LogP contribution in [0.3, 0.4) is 0 Å². The molecule has 0 radical (unpaired) electrons. The van der Waals surface area contributed by atoms with E-state index in [2.05, 4.69) is 4.98 Å². The first-order valence-corrected chi connectivity index (χ1v) is 9.15. The van der Waals surface area contributed by atoms with Gasteiger partial charge in [-0.15, -0.1) is 0 Å². The molecule has 0 unspecified atom stereocenters. The second-order valence-corrected chi connectivity index (χ2v) is 7.58. The van der Waals surface area contributed by atoms with E-state index in [1.54, 1.807) is 24.3 Å². The molecule has 0 N–H and O–H groups in total. The lowest BCUT2D eigenvalue weighted by Crippen LogP contribution is -2.12. The molecule has 124 valence electrons. The molecule has 0 saturated heterocycles. The number of ether oxygens (including phenoxy) is 2. The summed E-state index contributed by atoms with van der Waals surface area (Å²) < 4.78 is 35.5. The SMILES string of the molecule is COc1ccc(CS(=O)(=O)Cc2ccccc2OC(C)C)cn1. The first kappa shape index (κ1) is 17.3. The van der Waals surface area contributed by atoms with E-state index in [4.69, 9.17) is 9.47 Å². The molecule has 2 aromatic rings. The van der Waals surface area contributed by atoms with Crippen LogP contribution in [0, 0.1) is 0 Å². The summed E-state index contributed by atoms with van der Waals surface area (Å²) in [5.41, 5.74) is 1.30. The van der Waals surface area contributed by atoms with Crippen LogP contribution in [0.15, 0.2) is 42.6 Å². The lowest BCUT2D eigenvalue weighted by Gasteiger charge is -2.14. The quantitative estimate of drug-likeness (QED) is 0.778. The van der Waals surface area contributed by atoms with Gasteiger partial charge in [0.2, 0.25) is 5.88 Å². The monoisotopic (exact) mass is 335 g/mol. The Morgan fingerprint density at radius 2 is 1.83 bits per heavy atom. The molecule has 23 heavy (non-hydrogen) atoms. The standard InChI is InChI=1S/C17H21NO4S/c1-13(2)22-16-7-5-4-6-15(16)12-23(19,20)11-14-8-9-17(21-3)18-10-14/h4-10,13H,11-12H2,1-3H3. The minimum atomic E-state index is -3.33. The molecule has 0 amide bonds. The van der Waals surface area contributed by atoms with E-state index in [-0.39, 0.29) is 17.6 Å². The smallest absolute Gasteiger partial charge is 0.212 e. The first-order valence-electron chi connectivity index (χ1n) is 7.33. The van der Waals surface area contributed by atoms with Gasteiger partial charge in [0.05, 0.1) is 24.7 Å². The van der Waals surface area contributed by atoms with Gasteiger partial charge in [-0.1, -0.05) is 24.3 Å². The number of hydrogen-bond donors (Lipinski definition) is 0. The second kappa shape index (κ2) is 7.46. The van der Waals surface area contributed by atoms with Crippen molar-refractivity contribution < 1.29 is 17.9 Å². The highest BCUT2D eigenvalue weighted by atomic mass is 32.2. The fourth-order valence-electron chi connectivity index (χ4n) is 2.15. The maximum atomic E-state index is 12.4. The Bertz CT molecular complexity index is 739. The Morgan fingerprint density at radius 1 is 1.09 bits per heavy atom. The third kappa shape index (κ3) is 5.25. The van der Waals surface area contributed by atoms with Crippen molar-refractivity contribution in [3.8, 4) is 11.6 Å². The topological polar surface area (TPSA) is 65.5 Å². The van der Waals surface area contributed by atoms with Gasteiger partial charge in [0, 0.05) is 17.8 Å². The van der Waals surface area contributed by atoms with Gasteiger partial charge in [-0.2, -0.15) is 0 Å². The van der Waals surface area contributed by atoms with Crippen molar-refractivity contribution in [3.63, 3.8) is 0 Å². The van der Waals surface area contributed by atoms with Gasteiger partial charge in [0.1, 0.15) is 5.75 Å². The van der Waals surface area contributed by atoms with Crippen molar-refractivity contribution >= 4 is 9.84 Å². The van der Waals surface area contributed by atoms with Gasteiger partial charge in [-0.25, -0.2) is 13.4 Å². The average Bonchev–Trinajstić information content (AvgIpc) is 2.49. The molecule has 0 saturated carbocycles. The van der Waals surface area contributed by atoms with Crippen LogP contribution in [-0.4, -0.2) is 26.6 Å². The number of nitrogens with zero attached hydrogens (tertiary/aromatic N) is 1. The molecule has 1 aromatic heterocycles. The summed E-state index contributed by atoms with van der Waals surface area (Å²) in [7, 11) is -1.81. The van der Waals surface area contributed by atoms with E-state index >= 15 is 0 Å². The second-order valence-electron chi connectivity index (χ2n) is 5.52. The van der Waals surface area contributed by atoms with Crippen LogP contribution in [0.25, 0.3) is 0 Å². The normalized spacial score (nSPS) is 11.5. The van der Waals surface area contributed by atoms with Gasteiger partial charge in [-0.05, 0) is 25.5 Å². The van der Waals surface area contributed by atoms with E-state index in [9.17, 15) is 8.42 Å². The van der Waals surface area contributed by atoms with Crippen LogP contribution >= 0.6 is 0 Å². The van der Waals surface area contributed by atoms with Crippen LogP contribution in [0.5, 0.6) is 11.6 Å². The number of para-hydroxylation sites is 1. The number of rotatable bonds is 7. The molecule has 1 aromatic carbocycles. The average molecular weight is 335 g/mol. The predicted molar refractivity (Wildman–Crippen MR) is 89.3 cm³/mol. The molecule has 0 bridgehead atoms. The van der Waals surface area contributed by atoms with Gasteiger partial charge in [0.15, 0.2) is 9.84 Å². The van der Waals surface area contributed by atoms with Gasteiger partial charge < -0.3 is 9.47 Å². The lowest BCUT2D eigenvalue weighted by molar-refractivity contribution is 0.240. The van der Waals surface area contributed by atoms with Crippen LogP contribution < -0.4 is 9.47 Å². The Labute approximate surface area is 137 Å². The van der Waals surface area contributed by atoms with Crippen LogP contribution in [0.1, 0.15) is 25.0 Å². The summed E-state index contributed by atoms with van der Waals surface area (Å²) in [6.45, 7) is 3.82. The number of aromatic nitrogens is 1. The fraction of sp³-hybridized carbons (Fsp3) is 0.353. The molecule has 0 spiro atoms. The zero-order chi connectivity index (χ0) is 16.9. The van der Waals surface area contributed by atoms with Crippen LogP contribution in [-0.2, 0) is 21.3 Å². The predicted octanol–water partition coefficient (Wildman–Crippen LogP) is 2.99. The maximum Gasteiger partial charge on any atom is 0.212 e. The minimum Gasteiger partial charge on any atom is -0.491 e. The molecule has 5 nitrogen and oxygen atoms in total. The zero-order valence-electron chi connectivity index (χ0n) is 13.5. The summed E-state index contributed by atoms with van der Waals surface area (Å²) in [6.07, 6.45) is 1.51. The van der Waals surface area contributed by atoms with Crippen LogP contribution in [0.4, 0.5) is 0 Å². The number of methoxy groups -OCH3 is 1. The van der Waals surface area contributed by atoms with Crippen LogP contribution in [0.2, 0.25) is 0 Å². The van der Waals surface area contributed by atoms with E-state index in [0.29, 0.717) is 22.8 Å². The zero-order valence-corrected chi connectivity index (χ0v) is 14.3. The van der Waals surface area contributed by atoms with Gasteiger partial charge in [0.25, 0.3) is 0 Å². The summed E-state index contributed by atoms with van der Waals surface area (Å²) in [4.78, 5) is 4.03. The van der Waals surface area contributed by atoms with Gasteiger partial charge in [-0.3, -0.25) is 0 Å². The van der Waals surface area contributed by atoms with Crippen molar-refractivity contribution in [2.24, 2.45) is 0 Å².